The summed E-state index contributed by atoms with van der Waals surface area (Å²) < 4.78 is 0. The fourth-order valence-corrected chi connectivity index (χ4v) is 5.31. The molecule has 2 aliphatic rings. The van der Waals surface area contributed by atoms with E-state index in [9.17, 15) is 4.79 Å². The SMILES string of the molecule is CC(C)c1cccc(CN2CCC(N3C(=O)Nc4ccccc4C3c3ccccc3)CC2)c1. The van der Waals surface area contributed by atoms with Crippen LogP contribution in [0.2, 0.25) is 0 Å². The highest BCUT2D eigenvalue weighted by Gasteiger charge is 2.39. The number of rotatable bonds is 5. The number of carbonyl (C=O) groups is 1. The molecule has 0 bridgehead atoms. The van der Waals surface area contributed by atoms with Crippen LogP contribution in [-0.4, -0.2) is 35.0 Å². The Morgan fingerprint density at radius 1 is 0.909 bits per heavy atom. The minimum Gasteiger partial charge on any atom is -0.310 e. The second kappa shape index (κ2) is 9.40. The van der Waals surface area contributed by atoms with E-state index in [1.807, 2.05) is 18.2 Å². The van der Waals surface area contributed by atoms with Crippen LogP contribution >= 0.6 is 0 Å². The fraction of sp³-hybridized carbons (Fsp3) is 0.345. The van der Waals surface area contributed by atoms with Crippen molar-refractivity contribution in [1.82, 2.24) is 9.80 Å². The van der Waals surface area contributed by atoms with E-state index in [1.54, 1.807) is 0 Å². The molecule has 170 valence electrons. The average Bonchev–Trinajstić information content (AvgIpc) is 2.84. The summed E-state index contributed by atoms with van der Waals surface area (Å²) in [5.41, 5.74) is 6.06. The molecule has 1 saturated heterocycles. The molecule has 5 rings (SSSR count). The van der Waals surface area contributed by atoms with Crippen molar-refractivity contribution in [3.8, 4) is 0 Å². The molecule has 4 nitrogen and oxygen atoms in total. The molecule has 2 aliphatic heterocycles. The first-order valence-electron chi connectivity index (χ1n) is 12.1. The molecule has 0 spiro atoms. The molecule has 0 aromatic heterocycles. The lowest BCUT2D eigenvalue weighted by atomic mass is 9.90. The van der Waals surface area contributed by atoms with Gasteiger partial charge in [-0.1, -0.05) is 86.6 Å². The van der Waals surface area contributed by atoms with Gasteiger partial charge in [0, 0.05) is 36.9 Å². The number of anilines is 1. The standard InChI is InChI=1S/C29H33N3O/c1-21(2)24-12-8-9-22(19-24)20-31-17-15-25(16-18-31)32-28(23-10-4-3-5-11-23)26-13-6-7-14-27(26)30-29(32)33/h3-14,19,21,25,28H,15-18,20H2,1-2H3,(H,30,33). The number of para-hydroxylation sites is 1. The average molecular weight is 440 g/mol. The first-order valence-corrected chi connectivity index (χ1v) is 12.1. The zero-order valence-electron chi connectivity index (χ0n) is 19.6. The van der Waals surface area contributed by atoms with Crippen LogP contribution in [0.25, 0.3) is 0 Å². The number of carbonyl (C=O) groups excluding carboxylic acids is 1. The number of benzene rings is 3. The van der Waals surface area contributed by atoms with Gasteiger partial charge in [0.2, 0.25) is 0 Å². The molecule has 0 saturated carbocycles. The van der Waals surface area contributed by atoms with Crippen molar-refractivity contribution in [1.29, 1.82) is 0 Å². The minimum absolute atomic E-state index is 0.0191. The predicted molar refractivity (Wildman–Crippen MR) is 134 cm³/mol. The molecule has 2 heterocycles. The normalized spacial score (nSPS) is 19.4. The summed E-state index contributed by atoms with van der Waals surface area (Å²) in [6, 6.07) is 27.8. The van der Waals surface area contributed by atoms with Crippen LogP contribution in [0.4, 0.5) is 10.5 Å². The number of piperidine rings is 1. The Bertz CT molecular complexity index is 1100. The number of urea groups is 1. The molecule has 1 atom stereocenters. The Hall–Kier alpha value is -3.11. The molecule has 3 aromatic rings. The smallest absolute Gasteiger partial charge is 0.310 e. The van der Waals surface area contributed by atoms with Crippen molar-refractivity contribution in [2.24, 2.45) is 0 Å². The van der Waals surface area contributed by atoms with Crippen LogP contribution in [0.5, 0.6) is 0 Å². The lowest BCUT2D eigenvalue weighted by molar-refractivity contribution is 0.106. The van der Waals surface area contributed by atoms with Crippen LogP contribution in [-0.2, 0) is 6.54 Å². The van der Waals surface area contributed by atoms with Crippen LogP contribution in [0.15, 0.2) is 78.9 Å². The third kappa shape index (κ3) is 4.53. The molecule has 0 aliphatic carbocycles. The number of amides is 2. The Morgan fingerprint density at radius 2 is 1.64 bits per heavy atom. The van der Waals surface area contributed by atoms with E-state index in [2.05, 4.69) is 89.6 Å². The molecule has 2 amide bonds. The number of nitrogens with one attached hydrogen (secondary N) is 1. The van der Waals surface area contributed by atoms with Gasteiger partial charge >= 0.3 is 6.03 Å². The van der Waals surface area contributed by atoms with Gasteiger partial charge in [0.25, 0.3) is 0 Å². The summed E-state index contributed by atoms with van der Waals surface area (Å²) in [6.45, 7) is 7.47. The summed E-state index contributed by atoms with van der Waals surface area (Å²) in [5, 5.41) is 3.15. The molecule has 1 fully saturated rings. The fourth-order valence-electron chi connectivity index (χ4n) is 5.31. The summed E-state index contributed by atoms with van der Waals surface area (Å²) in [5.74, 6) is 0.547. The van der Waals surface area contributed by atoms with E-state index in [-0.39, 0.29) is 18.1 Å². The lowest BCUT2D eigenvalue weighted by Crippen LogP contribution is -2.52. The van der Waals surface area contributed by atoms with Gasteiger partial charge in [-0.25, -0.2) is 4.79 Å². The van der Waals surface area contributed by atoms with E-state index in [0.717, 1.165) is 38.2 Å². The van der Waals surface area contributed by atoms with Gasteiger partial charge in [0.15, 0.2) is 0 Å². The number of hydrogen-bond acceptors (Lipinski definition) is 2. The van der Waals surface area contributed by atoms with E-state index in [1.165, 1.54) is 22.3 Å². The van der Waals surface area contributed by atoms with Gasteiger partial charge in [0.05, 0.1) is 6.04 Å². The van der Waals surface area contributed by atoms with E-state index in [4.69, 9.17) is 0 Å². The first kappa shape index (κ1) is 21.7. The van der Waals surface area contributed by atoms with Crippen molar-refractivity contribution in [3.05, 3.63) is 101 Å². The maximum Gasteiger partial charge on any atom is 0.322 e. The third-order valence-corrected chi connectivity index (χ3v) is 7.10. The number of hydrogen-bond donors (Lipinski definition) is 1. The third-order valence-electron chi connectivity index (χ3n) is 7.10. The summed E-state index contributed by atoms with van der Waals surface area (Å²) >= 11 is 0. The zero-order valence-corrected chi connectivity index (χ0v) is 19.6. The zero-order chi connectivity index (χ0) is 22.8. The maximum atomic E-state index is 13.3. The van der Waals surface area contributed by atoms with Crippen molar-refractivity contribution in [2.75, 3.05) is 18.4 Å². The van der Waals surface area contributed by atoms with Crippen molar-refractivity contribution < 1.29 is 4.79 Å². The molecule has 1 unspecified atom stereocenters. The quantitative estimate of drug-likeness (QED) is 0.498. The molecular formula is C29H33N3O. The Morgan fingerprint density at radius 3 is 2.39 bits per heavy atom. The van der Waals surface area contributed by atoms with Gasteiger partial charge in [-0.2, -0.15) is 0 Å². The number of nitrogens with zero attached hydrogens (tertiary/aromatic N) is 2. The summed E-state index contributed by atoms with van der Waals surface area (Å²) in [6.07, 6.45) is 1.98. The second-order valence-electron chi connectivity index (χ2n) is 9.64. The first-order chi connectivity index (χ1) is 16.1. The van der Waals surface area contributed by atoms with Crippen molar-refractivity contribution >= 4 is 11.7 Å². The topological polar surface area (TPSA) is 35.6 Å². The molecule has 4 heteroatoms. The second-order valence-corrected chi connectivity index (χ2v) is 9.64. The van der Waals surface area contributed by atoms with Crippen LogP contribution in [0.1, 0.15) is 60.9 Å². The highest BCUT2D eigenvalue weighted by molar-refractivity contribution is 5.93. The molecular weight excluding hydrogens is 406 g/mol. The molecule has 3 aromatic carbocycles. The highest BCUT2D eigenvalue weighted by atomic mass is 16.2. The van der Waals surface area contributed by atoms with E-state index < -0.39 is 0 Å². The lowest BCUT2D eigenvalue weighted by Gasteiger charge is -2.45. The summed E-state index contributed by atoms with van der Waals surface area (Å²) in [4.78, 5) is 18.0. The van der Waals surface area contributed by atoms with E-state index >= 15 is 0 Å². The predicted octanol–water partition coefficient (Wildman–Crippen LogP) is 6.41. The van der Waals surface area contributed by atoms with Gasteiger partial charge in [-0.3, -0.25) is 4.90 Å². The van der Waals surface area contributed by atoms with E-state index in [0.29, 0.717) is 5.92 Å². The number of likely N-dealkylation sites (tertiary alicyclic amines) is 1. The van der Waals surface area contributed by atoms with Gasteiger partial charge < -0.3 is 10.2 Å². The van der Waals surface area contributed by atoms with Gasteiger partial charge in [-0.15, -0.1) is 0 Å². The van der Waals surface area contributed by atoms with Crippen LogP contribution in [0, 0.1) is 0 Å². The summed E-state index contributed by atoms with van der Waals surface area (Å²) in [7, 11) is 0. The Labute approximate surface area is 197 Å². The molecule has 0 radical (unpaired) electrons. The monoisotopic (exact) mass is 439 g/mol. The number of fused-ring (bicyclic) bond motifs is 1. The largest absolute Gasteiger partial charge is 0.322 e. The van der Waals surface area contributed by atoms with Gasteiger partial charge in [0.1, 0.15) is 0 Å². The molecule has 1 N–H and O–H groups in total. The highest BCUT2D eigenvalue weighted by Crippen LogP contribution is 2.40. The van der Waals surface area contributed by atoms with Crippen LogP contribution < -0.4 is 5.32 Å². The Balaban J connectivity index is 1.34. The van der Waals surface area contributed by atoms with Crippen molar-refractivity contribution in [3.63, 3.8) is 0 Å². The van der Waals surface area contributed by atoms with Crippen LogP contribution in [0.3, 0.4) is 0 Å². The van der Waals surface area contributed by atoms with Gasteiger partial charge in [-0.05, 0) is 41.5 Å². The minimum atomic E-state index is -0.0459. The molecule has 33 heavy (non-hydrogen) atoms. The van der Waals surface area contributed by atoms with Crippen molar-refractivity contribution in [2.45, 2.75) is 51.2 Å². The Kier molecular flexibility index (Phi) is 6.19. The maximum absolute atomic E-state index is 13.3.